The molecule has 7 aromatic rings. The fraction of sp³-hybridized carbons (Fsp3) is 0.400. The smallest absolute Gasteiger partial charge is 0.453 e. The van der Waals surface area contributed by atoms with Crippen molar-refractivity contribution >= 4 is 60.4 Å². The Morgan fingerprint density at radius 3 is 0.710 bits per heavy atom. The summed E-state index contributed by atoms with van der Waals surface area (Å²) in [6.45, 7) is 25.8. The molecule has 0 atom stereocenters. The average molecular weight is 883 g/mol. The van der Waals surface area contributed by atoms with Crippen molar-refractivity contribution in [3.63, 3.8) is 0 Å². The monoisotopic (exact) mass is 882 g/mol. The quantitative estimate of drug-likeness (QED) is 0.146. The van der Waals surface area contributed by atoms with Crippen LogP contribution in [0.1, 0.15) is 105 Å². The first kappa shape index (κ1) is 44.7. The first-order valence-electron chi connectivity index (χ1n) is 20.7. The largest absolute Gasteiger partial charge is 0.497 e. The molecule has 2 aromatic heterocycles. The zero-order valence-electron chi connectivity index (χ0n) is 38.9. The first-order valence-corrected chi connectivity index (χ1v) is 22.9. The molecule has 0 aliphatic carbocycles. The third-order valence-electron chi connectivity index (χ3n) is 10.9. The molecule has 330 valence electrons. The molecule has 12 heteroatoms. The Balaban J connectivity index is 1.39. The average Bonchev–Trinajstić information content (AvgIpc) is 3.45. The van der Waals surface area contributed by atoms with Gasteiger partial charge in [-0.2, -0.15) is 0 Å². The lowest BCUT2D eigenvalue weighted by atomic mass is 9.84. The van der Waals surface area contributed by atoms with E-state index in [0.717, 1.165) is 43.8 Å². The minimum Gasteiger partial charge on any atom is -0.497 e. The topological polar surface area (TPSA) is 108 Å². The van der Waals surface area contributed by atoms with Gasteiger partial charge < -0.3 is 44.8 Å². The molecule has 0 spiro atoms. The van der Waals surface area contributed by atoms with E-state index in [9.17, 15) is 0 Å². The van der Waals surface area contributed by atoms with Gasteiger partial charge >= 0.3 is 16.5 Å². The molecule has 0 aliphatic rings. The maximum Gasteiger partial charge on any atom is 0.453 e. The van der Waals surface area contributed by atoms with Crippen molar-refractivity contribution in [1.29, 1.82) is 0 Å². The van der Waals surface area contributed by atoms with Crippen LogP contribution >= 0.6 is 16.5 Å². The van der Waals surface area contributed by atoms with Crippen LogP contribution in [0.2, 0.25) is 0 Å². The SMILES string of the molecule is COc1cc(C(C)(C)C)c2op(Oc3ccc(Op4oc5c(C(C)(C)C)cc(OC)cc5c5cc(OC)cc(C(C)(C)C)c5o4)cc3)oc3c(C(C)(C)C)cc(OC)cc3c2c1. The van der Waals surface area contributed by atoms with E-state index in [4.69, 9.17) is 44.8 Å². The van der Waals surface area contributed by atoms with E-state index in [-0.39, 0.29) is 21.7 Å². The molecule has 2 heterocycles. The van der Waals surface area contributed by atoms with Gasteiger partial charge in [0.1, 0.15) is 56.8 Å². The maximum atomic E-state index is 6.82. The highest BCUT2D eigenvalue weighted by Gasteiger charge is 2.28. The zero-order chi connectivity index (χ0) is 45.1. The summed E-state index contributed by atoms with van der Waals surface area (Å²) in [5.41, 5.74) is 5.27. The number of hydrogen-bond acceptors (Lipinski definition) is 10. The molecule has 10 nitrogen and oxygen atoms in total. The van der Waals surface area contributed by atoms with Crippen molar-refractivity contribution in [2.75, 3.05) is 28.4 Å². The molecule has 0 radical (unpaired) electrons. The van der Waals surface area contributed by atoms with Gasteiger partial charge in [-0.3, -0.25) is 0 Å². The molecule has 0 fully saturated rings. The van der Waals surface area contributed by atoms with Crippen LogP contribution in [0.15, 0.2) is 89.6 Å². The van der Waals surface area contributed by atoms with Gasteiger partial charge in [-0.25, -0.2) is 0 Å². The Morgan fingerprint density at radius 1 is 0.323 bits per heavy atom. The summed E-state index contributed by atoms with van der Waals surface area (Å²) in [5, 5.41) is 3.34. The fourth-order valence-electron chi connectivity index (χ4n) is 7.45. The van der Waals surface area contributed by atoms with Crippen molar-refractivity contribution in [2.24, 2.45) is 0 Å². The summed E-state index contributed by atoms with van der Waals surface area (Å²) >= 11 is 0. The van der Waals surface area contributed by atoms with E-state index in [1.54, 1.807) is 28.4 Å². The van der Waals surface area contributed by atoms with Crippen molar-refractivity contribution in [3.05, 3.63) is 95.1 Å². The van der Waals surface area contributed by atoms with Crippen LogP contribution in [-0.4, -0.2) is 28.4 Å². The summed E-state index contributed by atoms with van der Waals surface area (Å²) in [6, 6.07) is 23.4. The lowest BCUT2D eigenvalue weighted by Gasteiger charge is -2.21. The van der Waals surface area contributed by atoms with Crippen LogP contribution in [0.5, 0.6) is 34.5 Å². The van der Waals surface area contributed by atoms with Crippen LogP contribution in [0.4, 0.5) is 0 Å². The van der Waals surface area contributed by atoms with Gasteiger partial charge in [-0.1, -0.05) is 83.1 Å². The number of rotatable bonds is 8. The molecule has 0 aliphatic heterocycles. The lowest BCUT2D eigenvalue weighted by Crippen LogP contribution is -2.12. The molecule has 0 saturated heterocycles. The van der Waals surface area contributed by atoms with Crippen molar-refractivity contribution < 1.29 is 44.8 Å². The summed E-state index contributed by atoms with van der Waals surface area (Å²) in [4.78, 5) is 0. The highest BCUT2D eigenvalue weighted by Crippen LogP contribution is 2.48. The third-order valence-corrected chi connectivity index (χ3v) is 12.9. The molecule has 0 N–H and O–H groups in total. The van der Waals surface area contributed by atoms with Crippen LogP contribution in [0.3, 0.4) is 0 Å². The van der Waals surface area contributed by atoms with E-state index in [1.165, 1.54) is 0 Å². The van der Waals surface area contributed by atoms with Crippen LogP contribution in [0.25, 0.3) is 43.9 Å². The Morgan fingerprint density at radius 2 is 0.532 bits per heavy atom. The van der Waals surface area contributed by atoms with Crippen molar-refractivity contribution in [1.82, 2.24) is 0 Å². The Bertz CT molecular complexity index is 2510. The van der Waals surface area contributed by atoms with E-state index in [2.05, 4.69) is 83.1 Å². The standard InChI is InChI=1S/C50H60O10P2/c1-47(2,3)39-25-31(51-13)21-35-36-22-32(52-14)26-40(48(4,5)6)44(36)58-61(57-43(35)39)55-29-17-19-30(20-18-29)56-62-59-45-37(23-33(53-15)27-41(45)49(7,8)9)38-24-34(54-16)28-42(46(38)60-62)50(10,11)12/h17-28H,1-16H3. The Kier molecular flexibility index (Phi) is 11.9. The minimum absolute atomic E-state index is 0.306. The molecule has 0 saturated carbocycles. The minimum atomic E-state index is -2.02. The Hall–Kier alpha value is -5.30. The third kappa shape index (κ3) is 8.96. The van der Waals surface area contributed by atoms with Gasteiger partial charge in [0.15, 0.2) is 0 Å². The summed E-state index contributed by atoms with van der Waals surface area (Å²) < 4.78 is 63.8. The van der Waals surface area contributed by atoms with Gasteiger partial charge in [-0.05, 0) is 94.5 Å². The van der Waals surface area contributed by atoms with E-state index in [0.29, 0.717) is 56.8 Å². The maximum absolute atomic E-state index is 6.82. The molecule has 7 rings (SSSR count). The van der Waals surface area contributed by atoms with E-state index >= 15 is 0 Å². The molecule has 62 heavy (non-hydrogen) atoms. The van der Waals surface area contributed by atoms with Crippen LogP contribution < -0.4 is 28.0 Å². The number of fused-ring (bicyclic) bond motifs is 6. The summed E-state index contributed by atoms with van der Waals surface area (Å²) in [7, 11) is 2.66. The highest BCUT2D eigenvalue weighted by atomic mass is 31.1. The zero-order valence-corrected chi connectivity index (χ0v) is 40.7. The van der Waals surface area contributed by atoms with E-state index in [1.807, 2.05) is 72.8 Å². The van der Waals surface area contributed by atoms with E-state index < -0.39 is 16.5 Å². The molecule has 0 bridgehead atoms. The molecular weight excluding hydrogens is 822 g/mol. The Labute approximate surface area is 366 Å². The number of ether oxygens (including phenoxy) is 4. The molecule has 0 amide bonds. The number of benzene rings is 5. The first-order chi connectivity index (χ1) is 29.0. The molecule has 5 aromatic carbocycles. The van der Waals surface area contributed by atoms with Crippen LogP contribution in [0, 0.1) is 0 Å². The molecule has 0 unspecified atom stereocenters. The summed E-state index contributed by atoms with van der Waals surface area (Å²) in [6.07, 6.45) is 0. The van der Waals surface area contributed by atoms with Gasteiger partial charge in [0.2, 0.25) is 0 Å². The van der Waals surface area contributed by atoms with Gasteiger partial charge in [0.25, 0.3) is 0 Å². The predicted molar refractivity (Wildman–Crippen MR) is 252 cm³/mol. The second kappa shape index (κ2) is 16.4. The normalized spacial score (nSPS) is 12.5. The van der Waals surface area contributed by atoms with Crippen molar-refractivity contribution in [2.45, 2.75) is 105 Å². The number of methoxy groups -OCH3 is 4. The summed E-state index contributed by atoms with van der Waals surface area (Å²) in [5.74, 6) is 3.91. The van der Waals surface area contributed by atoms with Gasteiger partial charge in [-0.15, -0.1) is 0 Å². The lowest BCUT2D eigenvalue weighted by molar-refractivity contribution is 0.413. The van der Waals surface area contributed by atoms with Gasteiger partial charge in [0.05, 0.1) is 28.4 Å². The van der Waals surface area contributed by atoms with Crippen molar-refractivity contribution in [3.8, 4) is 34.5 Å². The number of hydrogen-bond donors (Lipinski definition) is 0. The van der Waals surface area contributed by atoms with Gasteiger partial charge in [0, 0.05) is 43.8 Å². The highest BCUT2D eigenvalue weighted by molar-refractivity contribution is 7.32. The second-order valence-electron chi connectivity index (χ2n) is 19.7. The molecular formula is C50H60O10P2. The fourth-order valence-corrected chi connectivity index (χ4v) is 9.64. The second-order valence-corrected chi connectivity index (χ2v) is 21.7. The van der Waals surface area contributed by atoms with Crippen LogP contribution in [-0.2, 0) is 21.7 Å². The predicted octanol–water partition coefficient (Wildman–Crippen LogP) is 15.8.